The Morgan fingerprint density at radius 3 is 1.57 bits per heavy atom. The third-order valence-electron chi connectivity index (χ3n) is 6.28. The van der Waals surface area contributed by atoms with E-state index < -0.39 is 23.6 Å². The fourth-order valence-corrected chi connectivity index (χ4v) is 4.50. The number of hydrogen-bond acceptors (Lipinski definition) is 6. The summed E-state index contributed by atoms with van der Waals surface area (Å²) >= 11 is 0. The van der Waals surface area contributed by atoms with Crippen molar-refractivity contribution in [3.63, 3.8) is 0 Å². The van der Waals surface area contributed by atoms with Gasteiger partial charge in [-0.3, -0.25) is 19.2 Å². The van der Waals surface area contributed by atoms with Gasteiger partial charge >= 0.3 is 0 Å². The highest BCUT2D eigenvalue weighted by atomic mass is 16.5. The Kier molecular flexibility index (Phi) is 5.08. The maximum absolute atomic E-state index is 13.3. The van der Waals surface area contributed by atoms with Crippen LogP contribution in [0.3, 0.4) is 0 Å². The number of fused-ring (bicyclic) bond motifs is 2. The Hall–Kier alpha value is -5.24. The van der Waals surface area contributed by atoms with Gasteiger partial charge in [0, 0.05) is 0 Å². The van der Waals surface area contributed by atoms with Gasteiger partial charge in [0.05, 0.1) is 40.7 Å². The Morgan fingerprint density at radius 2 is 1.00 bits per heavy atom. The summed E-state index contributed by atoms with van der Waals surface area (Å²) in [5.74, 6) is -0.563. The quantitative estimate of drug-likeness (QED) is 0.362. The second kappa shape index (κ2) is 8.46. The molecule has 2 heterocycles. The molecule has 0 saturated heterocycles. The zero-order valence-electron chi connectivity index (χ0n) is 19.5. The van der Waals surface area contributed by atoms with Crippen molar-refractivity contribution in [2.45, 2.75) is 0 Å². The average molecular weight is 490 g/mol. The van der Waals surface area contributed by atoms with E-state index in [-0.39, 0.29) is 33.6 Å². The first-order valence-corrected chi connectivity index (χ1v) is 11.4. The molecule has 0 bridgehead atoms. The minimum atomic E-state index is -0.525. The van der Waals surface area contributed by atoms with Gasteiger partial charge in [0.15, 0.2) is 0 Å². The number of rotatable bonds is 5. The molecule has 0 saturated carbocycles. The lowest BCUT2D eigenvalue weighted by Gasteiger charge is -2.18. The fraction of sp³-hybridized carbons (Fsp3) is 0.0345. The number of amides is 4. The molecule has 0 radical (unpaired) electrons. The molecule has 2 aliphatic rings. The summed E-state index contributed by atoms with van der Waals surface area (Å²) in [7, 11) is 1.48. The maximum atomic E-state index is 13.3. The van der Waals surface area contributed by atoms with Crippen LogP contribution in [0.15, 0.2) is 91.0 Å². The number of hydrogen-bond donors (Lipinski definition) is 0. The van der Waals surface area contributed by atoms with Gasteiger partial charge in [-0.15, -0.1) is 0 Å². The minimum absolute atomic E-state index is 0.205. The molecule has 180 valence electrons. The standard InChI is InChI=1S/C29H18N2O6/c1-36-20-10-12-22-24(15-20)28(34)30(26(22)32)17-6-5-7-18(14-17)31-27(33)23-13-11-21(16-25(23)29(31)35)37-19-8-3-2-4-9-19/h2-16H,1H3. The van der Waals surface area contributed by atoms with E-state index in [9.17, 15) is 19.2 Å². The first-order valence-electron chi connectivity index (χ1n) is 11.4. The van der Waals surface area contributed by atoms with Crippen LogP contribution in [-0.4, -0.2) is 30.7 Å². The van der Waals surface area contributed by atoms with Gasteiger partial charge in [0.25, 0.3) is 23.6 Å². The predicted molar refractivity (Wildman–Crippen MR) is 135 cm³/mol. The Labute approximate surface area is 211 Å². The van der Waals surface area contributed by atoms with E-state index >= 15 is 0 Å². The largest absolute Gasteiger partial charge is 0.497 e. The van der Waals surface area contributed by atoms with E-state index in [1.807, 2.05) is 18.2 Å². The molecule has 8 heteroatoms. The second-order valence-electron chi connectivity index (χ2n) is 8.45. The Morgan fingerprint density at radius 1 is 0.486 bits per heavy atom. The van der Waals surface area contributed by atoms with Gasteiger partial charge in [0.2, 0.25) is 0 Å². The van der Waals surface area contributed by atoms with Gasteiger partial charge < -0.3 is 9.47 Å². The lowest BCUT2D eigenvalue weighted by Crippen LogP contribution is -2.31. The summed E-state index contributed by atoms with van der Waals surface area (Å²) in [5.41, 5.74) is 1.40. The fourth-order valence-electron chi connectivity index (χ4n) is 4.50. The first-order chi connectivity index (χ1) is 18.0. The smallest absolute Gasteiger partial charge is 0.266 e. The lowest BCUT2D eigenvalue weighted by atomic mass is 10.1. The van der Waals surface area contributed by atoms with Crippen LogP contribution in [-0.2, 0) is 0 Å². The highest BCUT2D eigenvalue weighted by Crippen LogP contribution is 2.36. The van der Waals surface area contributed by atoms with E-state index in [4.69, 9.17) is 9.47 Å². The molecule has 0 unspecified atom stereocenters. The van der Waals surface area contributed by atoms with Crippen LogP contribution in [0.2, 0.25) is 0 Å². The number of benzene rings is 4. The Balaban J connectivity index is 1.31. The topological polar surface area (TPSA) is 93.2 Å². The SMILES string of the molecule is COc1ccc2c(c1)C(=O)N(c1cccc(N3C(=O)c4ccc(Oc5ccccc5)cc4C3=O)c1)C2=O. The van der Waals surface area contributed by atoms with Crippen molar-refractivity contribution in [2.24, 2.45) is 0 Å². The zero-order valence-corrected chi connectivity index (χ0v) is 19.5. The van der Waals surface area contributed by atoms with Crippen molar-refractivity contribution in [3.8, 4) is 17.2 Å². The normalized spacial score (nSPS) is 14.2. The number of carbonyl (C=O) groups is 4. The van der Waals surface area contributed by atoms with Crippen LogP contribution < -0.4 is 19.3 Å². The third-order valence-corrected chi connectivity index (χ3v) is 6.28. The first kappa shape index (κ1) is 22.2. The molecule has 4 aromatic rings. The van der Waals surface area contributed by atoms with Gasteiger partial charge in [-0.1, -0.05) is 24.3 Å². The van der Waals surface area contributed by atoms with E-state index in [0.717, 1.165) is 9.80 Å². The molecule has 0 aromatic heterocycles. The molecule has 0 N–H and O–H groups in total. The third kappa shape index (κ3) is 3.54. The highest BCUT2D eigenvalue weighted by molar-refractivity contribution is 6.36. The predicted octanol–water partition coefficient (Wildman–Crippen LogP) is 5.09. The molecular weight excluding hydrogens is 472 g/mol. The number of anilines is 2. The van der Waals surface area contributed by atoms with Crippen molar-refractivity contribution in [1.82, 2.24) is 0 Å². The number of ether oxygens (including phenoxy) is 2. The number of para-hydroxylation sites is 1. The van der Waals surface area contributed by atoms with Gasteiger partial charge in [0.1, 0.15) is 17.2 Å². The average Bonchev–Trinajstić information content (AvgIpc) is 3.32. The molecule has 6 rings (SSSR count). The molecule has 4 amide bonds. The van der Waals surface area contributed by atoms with Crippen LogP contribution in [0, 0.1) is 0 Å². The zero-order chi connectivity index (χ0) is 25.7. The van der Waals surface area contributed by atoms with Gasteiger partial charge in [-0.2, -0.15) is 0 Å². The summed E-state index contributed by atoms with van der Waals surface area (Å²) in [5, 5.41) is 0. The summed E-state index contributed by atoms with van der Waals surface area (Å²) in [6, 6.07) is 24.7. The molecule has 8 nitrogen and oxygen atoms in total. The van der Waals surface area contributed by atoms with Crippen LogP contribution in [0.1, 0.15) is 41.4 Å². The van der Waals surface area contributed by atoms with Crippen LogP contribution in [0.4, 0.5) is 11.4 Å². The van der Waals surface area contributed by atoms with Crippen LogP contribution in [0.25, 0.3) is 0 Å². The van der Waals surface area contributed by atoms with E-state index in [0.29, 0.717) is 17.2 Å². The summed E-state index contributed by atoms with van der Waals surface area (Å²) in [4.78, 5) is 54.7. The molecule has 0 fully saturated rings. The monoisotopic (exact) mass is 490 g/mol. The maximum Gasteiger partial charge on any atom is 0.266 e. The molecule has 0 spiro atoms. The van der Waals surface area contributed by atoms with Crippen molar-refractivity contribution in [2.75, 3.05) is 16.9 Å². The Bertz CT molecular complexity index is 1630. The second-order valence-corrected chi connectivity index (χ2v) is 8.45. The van der Waals surface area contributed by atoms with Gasteiger partial charge in [-0.25, -0.2) is 9.80 Å². The van der Waals surface area contributed by atoms with Crippen LogP contribution >= 0.6 is 0 Å². The van der Waals surface area contributed by atoms with E-state index in [2.05, 4.69) is 0 Å². The number of nitrogens with zero attached hydrogens (tertiary/aromatic N) is 2. The lowest BCUT2D eigenvalue weighted by molar-refractivity contribution is 0.0912. The van der Waals surface area contributed by atoms with Crippen molar-refractivity contribution in [3.05, 3.63) is 113 Å². The highest BCUT2D eigenvalue weighted by Gasteiger charge is 2.40. The van der Waals surface area contributed by atoms with Crippen LogP contribution in [0.5, 0.6) is 17.2 Å². The molecule has 2 aliphatic heterocycles. The van der Waals surface area contributed by atoms with Crippen molar-refractivity contribution in [1.29, 1.82) is 0 Å². The van der Waals surface area contributed by atoms with E-state index in [1.165, 1.54) is 31.4 Å². The van der Waals surface area contributed by atoms with E-state index in [1.54, 1.807) is 48.5 Å². The summed E-state index contributed by atoms with van der Waals surface area (Å²) in [6.07, 6.45) is 0. The molecular formula is C29H18N2O6. The summed E-state index contributed by atoms with van der Waals surface area (Å²) < 4.78 is 11.0. The molecule has 37 heavy (non-hydrogen) atoms. The minimum Gasteiger partial charge on any atom is -0.497 e. The van der Waals surface area contributed by atoms with Crippen molar-refractivity contribution >= 4 is 35.0 Å². The molecule has 0 atom stereocenters. The molecule has 0 aliphatic carbocycles. The van der Waals surface area contributed by atoms with Crippen molar-refractivity contribution < 1.29 is 28.7 Å². The number of methoxy groups -OCH3 is 1. The number of imide groups is 2. The van der Waals surface area contributed by atoms with Gasteiger partial charge in [-0.05, 0) is 66.7 Å². The molecule has 4 aromatic carbocycles. The number of carbonyl (C=O) groups excluding carboxylic acids is 4. The summed E-state index contributed by atoms with van der Waals surface area (Å²) in [6.45, 7) is 0.